The molecule has 0 unspecified atom stereocenters. The van der Waals surface area contributed by atoms with Gasteiger partial charge in [0.15, 0.2) is 0 Å². The first kappa shape index (κ1) is 8.13. The van der Waals surface area contributed by atoms with Crippen LogP contribution in [0.1, 0.15) is 0 Å². The van der Waals surface area contributed by atoms with Crippen LogP contribution in [0, 0.1) is 0 Å². The molecule has 13 heavy (non-hydrogen) atoms. The van der Waals surface area contributed by atoms with Gasteiger partial charge in [-0.15, -0.1) is 0 Å². The lowest BCUT2D eigenvalue weighted by Crippen LogP contribution is -2.01. The second kappa shape index (κ2) is 3.11. The van der Waals surface area contributed by atoms with E-state index in [0.717, 1.165) is 16.6 Å². The molecule has 68 valence electrons. The number of aliphatic hydroxyl groups is 1. The summed E-state index contributed by atoms with van der Waals surface area (Å²) < 4.78 is 1.96. The summed E-state index contributed by atoms with van der Waals surface area (Å²) in [6.45, 7) is 0.732. The lowest BCUT2D eigenvalue weighted by Gasteiger charge is -2.04. The van der Waals surface area contributed by atoms with E-state index in [-0.39, 0.29) is 6.61 Å². The fourth-order valence-corrected chi connectivity index (χ4v) is 1.59. The van der Waals surface area contributed by atoms with Crippen LogP contribution in [-0.4, -0.2) is 16.3 Å². The minimum absolute atomic E-state index is 0.137. The second-order valence-corrected chi connectivity index (χ2v) is 3.02. The number of benzene rings is 1. The predicted octanol–water partition coefficient (Wildman–Crippen LogP) is 1.22. The molecule has 0 aliphatic rings. The van der Waals surface area contributed by atoms with Gasteiger partial charge in [0.05, 0.1) is 17.8 Å². The number of fused-ring (bicyclic) bond motifs is 1. The smallest absolute Gasteiger partial charge is 0.0714 e. The topological polar surface area (TPSA) is 51.2 Å². The van der Waals surface area contributed by atoms with Crippen LogP contribution in [0.3, 0.4) is 0 Å². The molecule has 0 bridgehead atoms. The Bertz CT molecular complexity index is 420. The van der Waals surface area contributed by atoms with Gasteiger partial charge in [-0.1, -0.05) is 12.1 Å². The van der Waals surface area contributed by atoms with Gasteiger partial charge in [-0.2, -0.15) is 0 Å². The number of rotatable bonds is 2. The summed E-state index contributed by atoms with van der Waals surface area (Å²) >= 11 is 0. The first-order valence-corrected chi connectivity index (χ1v) is 4.27. The van der Waals surface area contributed by atoms with Crippen molar-refractivity contribution in [1.29, 1.82) is 0 Å². The van der Waals surface area contributed by atoms with Crippen molar-refractivity contribution < 1.29 is 5.11 Å². The normalized spacial score (nSPS) is 10.8. The lowest BCUT2D eigenvalue weighted by molar-refractivity contribution is 0.278. The summed E-state index contributed by atoms with van der Waals surface area (Å²) in [5.41, 5.74) is 7.60. The lowest BCUT2D eigenvalue weighted by atomic mass is 10.2. The zero-order valence-corrected chi connectivity index (χ0v) is 7.27. The molecular formula is C10H12N2O. The molecule has 1 aromatic heterocycles. The van der Waals surface area contributed by atoms with Crippen molar-refractivity contribution in [3.05, 3.63) is 30.5 Å². The van der Waals surface area contributed by atoms with Crippen molar-refractivity contribution in [2.75, 3.05) is 12.3 Å². The highest BCUT2D eigenvalue weighted by atomic mass is 16.3. The predicted molar refractivity (Wildman–Crippen MR) is 53.4 cm³/mol. The van der Waals surface area contributed by atoms with Gasteiger partial charge in [-0.05, 0) is 12.1 Å². The van der Waals surface area contributed by atoms with Gasteiger partial charge in [0, 0.05) is 18.1 Å². The van der Waals surface area contributed by atoms with Crippen LogP contribution in [0.4, 0.5) is 5.69 Å². The molecule has 0 amide bonds. The number of anilines is 1. The Morgan fingerprint density at radius 3 is 2.92 bits per heavy atom. The van der Waals surface area contributed by atoms with Crippen molar-refractivity contribution in [2.24, 2.45) is 0 Å². The highest BCUT2D eigenvalue weighted by Crippen LogP contribution is 2.21. The van der Waals surface area contributed by atoms with Crippen molar-refractivity contribution in [3.63, 3.8) is 0 Å². The SMILES string of the molecule is Nc1cccc2ccn(CCO)c12. The van der Waals surface area contributed by atoms with Crippen LogP contribution in [0.25, 0.3) is 10.9 Å². The van der Waals surface area contributed by atoms with Crippen molar-refractivity contribution >= 4 is 16.6 Å². The van der Waals surface area contributed by atoms with Crippen LogP contribution in [0.5, 0.6) is 0 Å². The first-order valence-electron chi connectivity index (χ1n) is 4.27. The molecule has 3 heteroatoms. The maximum atomic E-state index is 8.83. The third-order valence-electron chi connectivity index (χ3n) is 2.16. The Morgan fingerprint density at radius 2 is 2.15 bits per heavy atom. The maximum absolute atomic E-state index is 8.83. The van der Waals surface area contributed by atoms with Gasteiger partial charge in [-0.3, -0.25) is 0 Å². The quantitative estimate of drug-likeness (QED) is 0.676. The van der Waals surface area contributed by atoms with E-state index >= 15 is 0 Å². The summed E-state index contributed by atoms with van der Waals surface area (Å²) in [5, 5.41) is 9.95. The van der Waals surface area contributed by atoms with Crippen LogP contribution in [0.15, 0.2) is 30.5 Å². The molecule has 0 aliphatic heterocycles. The third kappa shape index (κ3) is 1.27. The van der Waals surface area contributed by atoms with E-state index < -0.39 is 0 Å². The van der Waals surface area contributed by atoms with Gasteiger partial charge in [0.25, 0.3) is 0 Å². The van der Waals surface area contributed by atoms with Gasteiger partial charge in [-0.25, -0.2) is 0 Å². The summed E-state index contributed by atoms with van der Waals surface area (Å²) in [6.07, 6.45) is 1.94. The van der Waals surface area contributed by atoms with E-state index in [1.54, 1.807) is 0 Å². The minimum atomic E-state index is 0.137. The Kier molecular flexibility index (Phi) is 1.94. The molecule has 2 rings (SSSR count). The molecule has 3 nitrogen and oxygen atoms in total. The molecule has 0 fully saturated rings. The number of nitrogen functional groups attached to an aromatic ring is 1. The molecule has 3 N–H and O–H groups in total. The van der Waals surface area contributed by atoms with Gasteiger partial charge >= 0.3 is 0 Å². The monoisotopic (exact) mass is 176 g/mol. The van der Waals surface area contributed by atoms with E-state index in [1.807, 2.05) is 35.0 Å². The van der Waals surface area contributed by atoms with E-state index in [1.165, 1.54) is 0 Å². The van der Waals surface area contributed by atoms with Crippen LogP contribution < -0.4 is 5.73 Å². The minimum Gasteiger partial charge on any atom is -0.397 e. The molecular weight excluding hydrogens is 164 g/mol. The maximum Gasteiger partial charge on any atom is 0.0714 e. The van der Waals surface area contributed by atoms with E-state index in [0.29, 0.717) is 6.54 Å². The number of aliphatic hydroxyl groups excluding tert-OH is 1. The Balaban J connectivity index is 2.64. The first-order chi connectivity index (χ1) is 6.33. The molecule has 0 atom stereocenters. The molecule has 2 aromatic rings. The average Bonchev–Trinajstić information content (AvgIpc) is 2.51. The number of hydrogen-bond acceptors (Lipinski definition) is 2. The summed E-state index contributed by atoms with van der Waals surface area (Å²) in [6, 6.07) is 7.82. The Hall–Kier alpha value is -1.48. The molecule has 0 spiro atoms. The molecule has 0 saturated heterocycles. The van der Waals surface area contributed by atoms with Crippen LogP contribution >= 0.6 is 0 Å². The number of nitrogens with zero attached hydrogens (tertiary/aromatic N) is 1. The summed E-state index contributed by atoms with van der Waals surface area (Å²) in [5.74, 6) is 0. The van der Waals surface area contributed by atoms with E-state index in [9.17, 15) is 0 Å². The number of hydrogen-bond donors (Lipinski definition) is 2. The van der Waals surface area contributed by atoms with Crippen molar-refractivity contribution in [3.8, 4) is 0 Å². The fraction of sp³-hybridized carbons (Fsp3) is 0.200. The zero-order valence-electron chi connectivity index (χ0n) is 7.27. The summed E-state index contributed by atoms with van der Waals surface area (Å²) in [4.78, 5) is 0. The molecule has 1 heterocycles. The number of aromatic nitrogens is 1. The van der Waals surface area contributed by atoms with Gasteiger partial charge in [0.1, 0.15) is 0 Å². The van der Waals surface area contributed by atoms with Gasteiger partial charge in [0.2, 0.25) is 0 Å². The van der Waals surface area contributed by atoms with E-state index in [4.69, 9.17) is 10.8 Å². The molecule has 0 saturated carbocycles. The Labute approximate surface area is 76.4 Å². The van der Waals surface area contributed by atoms with Crippen molar-refractivity contribution in [2.45, 2.75) is 6.54 Å². The van der Waals surface area contributed by atoms with E-state index in [2.05, 4.69) is 0 Å². The highest BCUT2D eigenvalue weighted by molar-refractivity contribution is 5.90. The average molecular weight is 176 g/mol. The zero-order chi connectivity index (χ0) is 9.26. The third-order valence-corrected chi connectivity index (χ3v) is 2.16. The molecule has 0 aliphatic carbocycles. The number of para-hydroxylation sites is 1. The van der Waals surface area contributed by atoms with Gasteiger partial charge < -0.3 is 15.4 Å². The summed E-state index contributed by atoms with van der Waals surface area (Å²) in [7, 11) is 0. The highest BCUT2D eigenvalue weighted by Gasteiger charge is 2.02. The number of nitrogens with two attached hydrogens (primary N) is 1. The van der Waals surface area contributed by atoms with Crippen LogP contribution in [-0.2, 0) is 6.54 Å². The largest absolute Gasteiger partial charge is 0.397 e. The second-order valence-electron chi connectivity index (χ2n) is 3.02. The molecule has 0 radical (unpaired) electrons. The van der Waals surface area contributed by atoms with Crippen LogP contribution in [0.2, 0.25) is 0 Å². The molecule has 1 aromatic carbocycles. The van der Waals surface area contributed by atoms with Crippen molar-refractivity contribution in [1.82, 2.24) is 4.57 Å². The fourth-order valence-electron chi connectivity index (χ4n) is 1.59. The Morgan fingerprint density at radius 1 is 1.31 bits per heavy atom. The standard InChI is InChI=1S/C10H12N2O/c11-9-3-1-2-8-4-5-12(6-7-13)10(8)9/h1-5,13H,6-7,11H2.